The zero-order valence-electron chi connectivity index (χ0n) is 13.6. The monoisotopic (exact) mass is 338 g/mol. The van der Waals surface area contributed by atoms with Gasteiger partial charge in [0.05, 0.1) is 12.6 Å². The largest absolute Gasteiger partial charge is 0.504 e. The van der Waals surface area contributed by atoms with E-state index in [4.69, 9.17) is 9.47 Å². The molecule has 0 bridgehead atoms. The molecule has 126 valence electrons. The second-order valence-corrected chi connectivity index (χ2v) is 5.74. The first-order valence-corrected chi connectivity index (χ1v) is 7.68. The fourth-order valence-corrected chi connectivity index (χ4v) is 2.87. The molecule has 0 atom stereocenters. The van der Waals surface area contributed by atoms with Crippen LogP contribution in [-0.4, -0.2) is 22.2 Å². The molecule has 0 radical (unpaired) electrons. The predicted octanol–water partition coefficient (Wildman–Crippen LogP) is 4.67. The van der Waals surface area contributed by atoms with Crippen LogP contribution in [0.5, 0.6) is 23.0 Å². The number of halogens is 1. The van der Waals surface area contributed by atoms with Crippen molar-refractivity contribution in [1.82, 2.24) is 9.97 Å². The summed E-state index contributed by atoms with van der Waals surface area (Å²) in [7, 11) is 1.46. The van der Waals surface area contributed by atoms with Crippen molar-refractivity contribution in [3.05, 3.63) is 54.1 Å². The van der Waals surface area contributed by atoms with Crippen LogP contribution in [0, 0.1) is 12.7 Å². The molecule has 0 fully saturated rings. The number of ether oxygens (including phenoxy) is 2. The molecule has 25 heavy (non-hydrogen) atoms. The number of aromatic amines is 1. The number of aromatic hydroxyl groups is 1. The minimum absolute atomic E-state index is 0.0185. The van der Waals surface area contributed by atoms with Crippen LogP contribution >= 0.6 is 0 Å². The SMILES string of the molecule is COc1cc2c(Oc3ccc4[nH]c(C)cc4c3F)ccnc2cc1O. The molecule has 0 amide bonds. The standard InChI is InChI=1S/C19H15FN2O3/c1-10-7-12-13(22-10)3-4-17(19(12)20)25-16-5-6-21-14-9-15(23)18(24-2)8-11(14)16/h3-9,22-23H,1-2H3. The van der Waals surface area contributed by atoms with Crippen LogP contribution in [0.25, 0.3) is 21.8 Å². The molecule has 4 aromatic rings. The van der Waals surface area contributed by atoms with Crippen molar-refractivity contribution >= 4 is 21.8 Å². The van der Waals surface area contributed by atoms with Gasteiger partial charge in [-0.1, -0.05) is 0 Å². The topological polar surface area (TPSA) is 67.4 Å². The lowest BCUT2D eigenvalue weighted by Gasteiger charge is -2.11. The molecule has 4 rings (SSSR count). The van der Waals surface area contributed by atoms with Gasteiger partial charge in [-0.25, -0.2) is 4.39 Å². The molecule has 0 aliphatic heterocycles. The maximum Gasteiger partial charge on any atom is 0.175 e. The highest BCUT2D eigenvalue weighted by molar-refractivity contribution is 5.88. The van der Waals surface area contributed by atoms with E-state index < -0.39 is 5.82 Å². The molecule has 0 saturated carbocycles. The number of nitrogens with zero attached hydrogens (tertiary/aromatic N) is 1. The molecule has 2 heterocycles. The molecular weight excluding hydrogens is 323 g/mol. The number of fused-ring (bicyclic) bond motifs is 2. The molecule has 0 aliphatic carbocycles. The van der Waals surface area contributed by atoms with Crippen LogP contribution < -0.4 is 9.47 Å². The summed E-state index contributed by atoms with van der Waals surface area (Å²) in [6.07, 6.45) is 1.54. The molecular formula is C19H15FN2O3. The number of methoxy groups -OCH3 is 1. The fraction of sp³-hybridized carbons (Fsp3) is 0.105. The summed E-state index contributed by atoms with van der Waals surface area (Å²) in [6, 6.07) is 9.84. The lowest BCUT2D eigenvalue weighted by Crippen LogP contribution is -1.92. The van der Waals surface area contributed by atoms with Gasteiger partial charge in [-0.15, -0.1) is 0 Å². The fourth-order valence-electron chi connectivity index (χ4n) is 2.87. The van der Waals surface area contributed by atoms with Crippen molar-refractivity contribution in [2.75, 3.05) is 7.11 Å². The summed E-state index contributed by atoms with van der Waals surface area (Å²) in [5.74, 6) is 0.384. The van der Waals surface area contributed by atoms with Gasteiger partial charge in [-0.3, -0.25) is 4.98 Å². The Kier molecular flexibility index (Phi) is 3.46. The smallest absolute Gasteiger partial charge is 0.175 e. The minimum Gasteiger partial charge on any atom is -0.504 e. The van der Waals surface area contributed by atoms with E-state index in [0.29, 0.717) is 33.3 Å². The van der Waals surface area contributed by atoms with Crippen LogP contribution in [0.2, 0.25) is 0 Å². The predicted molar refractivity (Wildman–Crippen MR) is 93.0 cm³/mol. The highest BCUT2D eigenvalue weighted by Crippen LogP contribution is 2.37. The third-order valence-corrected chi connectivity index (χ3v) is 4.06. The van der Waals surface area contributed by atoms with Crippen LogP contribution in [0.1, 0.15) is 5.69 Å². The number of phenols is 1. The van der Waals surface area contributed by atoms with Crippen molar-refractivity contribution < 1.29 is 19.0 Å². The molecule has 2 aromatic carbocycles. The molecule has 0 aliphatic rings. The van der Waals surface area contributed by atoms with Gasteiger partial charge in [0, 0.05) is 34.2 Å². The van der Waals surface area contributed by atoms with Crippen molar-refractivity contribution in [3.8, 4) is 23.0 Å². The maximum atomic E-state index is 14.8. The van der Waals surface area contributed by atoms with Crippen LogP contribution in [-0.2, 0) is 0 Å². The van der Waals surface area contributed by atoms with Gasteiger partial charge in [-0.2, -0.15) is 0 Å². The number of phenolic OH excluding ortho intramolecular Hbond substituents is 1. The average Bonchev–Trinajstić information content (AvgIpc) is 2.98. The zero-order valence-corrected chi connectivity index (χ0v) is 13.6. The normalized spacial score (nSPS) is 11.2. The van der Waals surface area contributed by atoms with Crippen LogP contribution in [0.15, 0.2) is 42.6 Å². The van der Waals surface area contributed by atoms with Crippen molar-refractivity contribution in [3.63, 3.8) is 0 Å². The van der Waals surface area contributed by atoms with E-state index >= 15 is 0 Å². The highest BCUT2D eigenvalue weighted by atomic mass is 19.1. The number of H-pyrrole nitrogens is 1. The second-order valence-electron chi connectivity index (χ2n) is 5.74. The van der Waals surface area contributed by atoms with Crippen LogP contribution in [0.3, 0.4) is 0 Å². The third kappa shape index (κ3) is 2.52. The minimum atomic E-state index is -0.433. The molecule has 5 nitrogen and oxygen atoms in total. The quantitative estimate of drug-likeness (QED) is 0.570. The third-order valence-electron chi connectivity index (χ3n) is 4.06. The first kappa shape index (κ1) is 15.3. The average molecular weight is 338 g/mol. The van der Waals surface area contributed by atoms with Gasteiger partial charge in [0.2, 0.25) is 0 Å². The summed E-state index contributed by atoms with van der Waals surface area (Å²) in [5, 5.41) is 11.0. The van der Waals surface area contributed by atoms with Gasteiger partial charge < -0.3 is 19.6 Å². The van der Waals surface area contributed by atoms with Gasteiger partial charge in [0.25, 0.3) is 0 Å². The number of rotatable bonds is 3. The van der Waals surface area contributed by atoms with E-state index in [-0.39, 0.29) is 11.5 Å². The van der Waals surface area contributed by atoms with Crippen molar-refractivity contribution in [2.45, 2.75) is 6.92 Å². The maximum absolute atomic E-state index is 14.8. The summed E-state index contributed by atoms with van der Waals surface area (Å²) in [4.78, 5) is 7.29. The zero-order chi connectivity index (χ0) is 17.6. The number of pyridine rings is 1. The Hall–Kier alpha value is -3.28. The highest BCUT2D eigenvalue weighted by Gasteiger charge is 2.14. The summed E-state index contributed by atoms with van der Waals surface area (Å²) in [5.41, 5.74) is 2.11. The number of nitrogens with one attached hydrogen (secondary N) is 1. The van der Waals surface area contributed by atoms with E-state index in [1.807, 2.05) is 6.92 Å². The summed E-state index contributed by atoms with van der Waals surface area (Å²) in [6.45, 7) is 1.87. The second kappa shape index (κ2) is 5.66. The molecule has 0 unspecified atom stereocenters. The van der Waals surface area contributed by atoms with E-state index in [1.54, 1.807) is 36.5 Å². The first-order valence-electron chi connectivity index (χ1n) is 7.68. The number of aryl methyl sites for hydroxylation is 1. The van der Waals surface area contributed by atoms with Crippen molar-refractivity contribution in [1.29, 1.82) is 0 Å². The van der Waals surface area contributed by atoms with E-state index in [0.717, 1.165) is 5.69 Å². The van der Waals surface area contributed by atoms with E-state index in [2.05, 4.69) is 9.97 Å². The van der Waals surface area contributed by atoms with E-state index in [9.17, 15) is 9.50 Å². The Morgan fingerprint density at radius 2 is 1.88 bits per heavy atom. The number of benzene rings is 2. The Morgan fingerprint density at radius 3 is 2.68 bits per heavy atom. The molecule has 2 N–H and O–H groups in total. The molecule has 2 aromatic heterocycles. The van der Waals surface area contributed by atoms with Gasteiger partial charge in [-0.05, 0) is 37.3 Å². The van der Waals surface area contributed by atoms with Gasteiger partial charge >= 0.3 is 0 Å². The lowest BCUT2D eigenvalue weighted by atomic mass is 10.1. The lowest BCUT2D eigenvalue weighted by molar-refractivity contribution is 0.374. The first-order chi connectivity index (χ1) is 12.1. The van der Waals surface area contributed by atoms with E-state index in [1.165, 1.54) is 13.2 Å². The Balaban J connectivity index is 1.84. The van der Waals surface area contributed by atoms with Gasteiger partial charge in [0.15, 0.2) is 23.1 Å². The molecule has 0 spiro atoms. The summed E-state index contributed by atoms with van der Waals surface area (Å²) < 4.78 is 25.7. The van der Waals surface area contributed by atoms with Crippen LogP contribution in [0.4, 0.5) is 4.39 Å². The number of aromatic nitrogens is 2. The van der Waals surface area contributed by atoms with Gasteiger partial charge in [0.1, 0.15) is 5.75 Å². The Bertz CT molecular complexity index is 1100. The molecule has 6 heteroatoms. The summed E-state index contributed by atoms with van der Waals surface area (Å²) >= 11 is 0. The Morgan fingerprint density at radius 1 is 1.04 bits per heavy atom. The molecule has 0 saturated heterocycles. The number of hydrogen-bond acceptors (Lipinski definition) is 4. The van der Waals surface area contributed by atoms with Crippen molar-refractivity contribution in [2.24, 2.45) is 0 Å². The number of hydrogen-bond donors (Lipinski definition) is 2. The Labute approximate surface area is 142 Å².